The number of nitrogens with one attached hydrogen (secondary N) is 1. The average Bonchev–Trinajstić information content (AvgIpc) is 2.97. The second-order valence-corrected chi connectivity index (χ2v) is 5.30. The zero-order chi connectivity index (χ0) is 17.2. The topological polar surface area (TPSA) is 64.7 Å². The van der Waals surface area contributed by atoms with Gasteiger partial charge in [0.2, 0.25) is 0 Å². The van der Waals surface area contributed by atoms with Crippen LogP contribution in [-0.2, 0) is 19.8 Å². The first-order valence-corrected chi connectivity index (χ1v) is 7.08. The summed E-state index contributed by atoms with van der Waals surface area (Å²) >= 11 is 0. The van der Waals surface area contributed by atoms with Crippen LogP contribution in [0.15, 0.2) is 12.3 Å². The summed E-state index contributed by atoms with van der Waals surface area (Å²) in [5.74, 6) is -0.247. The summed E-state index contributed by atoms with van der Waals surface area (Å²) in [6, 6.07) is 1.01. The van der Waals surface area contributed by atoms with Crippen molar-refractivity contribution in [2.75, 3.05) is 6.54 Å². The second-order valence-electron chi connectivity index (χ2n) is 5.30. The minimum atomic E-state index is -4.44. The van der Waals surface area contributed by atoms with Gasteiger partial charge in [0.05, 0.1) is 11.3 Å². The van der Waals surface area contributed by atoms with Crippen molar-refractivity contribution in [3.05, 3.63) is 34.9 Å². The highest BCUT2D eigenvalue weighted by molar-refractivity contribution is 5.94. The van der Waals surface area contributed by atoms with E-state index in [1.54, 1.807) is 31.8 Å². The van der Waals surface area contributed by atoms with Gasteiger partial charge >= 0.3 is 6.18 Å². The number of carbonyl (C=O) groups excluding carboxylic acids is 1. The maximum Gasteiger partial charge on any atom is 0.435 e. The average molecular weight is 329 g/mol. The van der Waals surface area contributed by atoms with Gasteiger partial charge in [-0.1, -0.05) is 0 Å². The van der Waals surface area contributed by atoms with Gasteiger partial charge in [0.15, 0.2) is 5.69 Å². The van der Waals surface area contributed by atoms with Gasteiger partial charge in [-0.15, -0.1) is 0 Å². The number of nitrogens with zero attached hydrogens (tertiary/aromatic N) is 4. The summed E-state index contributed by atoms with van der Waals surface area (Å²) in [4.78, 5) is 12.0. The molecule has 1 N–H and O–H groups in total. The number of rotatable bonds is 5. The molecule has 9 heteroatoms. The number of aryl methyl sites for hydroxylation is 4. The Morgan fingerprint density at radius 3 is 2.52 bits per heavy atom. The number of aromatic nitrogens is 4. The maximum atomic E-state index is 12.6. The summed E-state index contributed by atoms with van der Waals surface area (Å²) in [7, 11) is 1.72. The normalized spacial score (nSPS) is 11.7. The minimum Gasteiger partial charge on any atom is -0.352 e. The van der Waals surface area contributed by atoms with E-state index in [9.17, 15) is 18.0 Å². The lowest BCUT2D eigenvalue weighted by molar-refractivity contribution is -0.141. The molecule has 0 saturated heterocycles. The molecule has 0 aliphatic carbocycles. The highest BCUT2D eigenvalue weighted by Crippen LogP contribution is 2.28. The summed E-state index contributed by atoms with van der Waals surface area (Å²) < 4.78 is 40.5. The fourth-order valence-electron chi connectivity index (χ4n) is 2.22. The van der Waals surface area contributed by atoms with Gasteiger partial charge in [-0.3, -0.25) is 14.2 Å². The minimum absolute atomic E-state index is 0.247. The largest absolute Gasteiger partial charge is 0.435 e. The van der Waals surface area contributed by atoms with E-state index in [1.807, 2.05) is 0 Å². The third-order valence-corrected chi connectivity index (χ3v) is 3.36. The van der Waals surface area contributed by atoms with Crippen LogP contribution in [0.25, 0.3) is 0 Å². The molecule has 0 fully saturated rings. The SMILES string of the molecule is Cc1nn(C)cc1C(=O)NCCCn1nc(C(F)(F)F)cc1C. The molecule has 0 unspecified atom stereocenters. The molecule has 0 saturated carbocycles. The van der Waals surface area contributed by atoms with Crippen molar-refractivity contribution in [2.24, 2.45) is 7.05 Å². The Morgan fingerprint density at radius 2 is 2.00 bits per heavy atom. The van der Waals surface area contributed by atoms with Gasteiger partial charge in [0.1, 0.15) is 0 Å². The van der Waals surface area contributed by atoms with Crippen molar-refractivity contribution in [2.45, 2.75) is 33.0 Å². The van der Waals surface area contributed by atoms with Crippen LogP contribution in [0.2, 0.25) is 0 Å². The molecular weight excluding hydrogens is 311 g/mol. The molecule has 0 spiro atoms. The molecule has 126 valence electrons. The molecule has 6 nitrogen and oxygen atoms in total. The van der Waals surface area contributed by atoms with E-state index in [4.69, 9.17) is 0 Å². The highest BCUT2D eigenvalue weighted by atomic mass is 19.4. The van der Waals surface area contributed by atoms with Crippen LogP contribution in [0, 0.1) is 13.8 Å². The molecule has 0 radical (unpaired) electrons. The molecule has 2 aromatic heterocycles. The number of halogens is 3. The smallest absolute Gasteiger partial charge is 0.352 e. The Morgan fingerprint density at radius 1 is 1.30 bits per heavy atom. The Kier molecular flexibility index (Phi) is 4.76. The molecule has 23 heavy (non-hydrogen) atoms. The Labute approximate surface area is 131 Å². The standard InChI is InChI=1S/C14H18F3N5O/c1-9-7-12(14(15,16)17)20-22(9)6-4-5-18-13(23)11-8-21(3)19-10(11)2/h7-8H,4-6H2,1-3H3,(H,18,23). The maximum absolute atomic E-state index is 12.6. The van der Waals surface area contributed by atoms with Gasteiger partial charge < -0.3 is 5.32 Å². The van der Waals surface area contributed by atoms with Crippen molar-refractivity contribution in [1.82, 2.24) is 24.9 Å². The zero-order valence-electron chi connectivity index (χ0n) is 13.1. The summed E-state index contributed by atoms with van der Waals surface area (Å²) in [5.41, 5.74) is 0.654. The molecule has 2 rings (SSSR count). The number of amides is 1. The van der Waals surface area contributed by atoms with Gasteiger partial charge in [-0.25, -0.2) is 0 Å². The van der Waals surface area contributed by atoms with Gasteiger partial charge in [0, 0.05) is 32.0 Å². The first-order chi connectivity index (χ1) is 10.7. The molecule has 0 aliphatic rings. The van der Waals surface area contributed by atoms with E-state index in [0.29, 0.717) is 36.5 Å². The number of hydrogen-bond donors (Lipinski definition) is 1. The van der Waals surface area contributed by atoms with E-state index >= 15 is 0 Å². The van der Waals surface area contributed by atoms with Crippen molar-refractivity contribution in [3.8, 4) is 0 Å². The van der Waals surface area contributed by atoms with Crippen LogP contribution in [-0.4, -0.2) is 32.0 Å². The van der Waals surface area contributed by atoms with Crippen LogP contribution in [0.3, 0.4) is 0 Å². The van der Waals surface area contributed by atoms with Crippen molar-refractivity contribution >= 4 is 5.91 Å². The predicted octanol–water partition coefficient (Wildman–Crippen LogP) is 2.07. The Balaban J connectivity index is 1.85. The van der Waals surface area contributed by atoms with Crippen LogP contribution >= 0.6 is 0 Å². The van der Waals surface area contributed by atoms with Crippen LogP contribution in [0.5, 0.6) is 0 Å². The molecule has 0 atom stereocenters. The third-order valence-electron chi connectivity index (χ3n) is 3.36. The van der Waals surface area contributed by atoms with Gasteiger partial charge in [0.25, 0.3) is 5.91 Å². The van der Waals surface area contributed by atoms with Crippen molar-refractivity contribution in [1.29, 1.82) is 0 Å². The fraction of sp³-hybridized carbons (Fsp3) is 0.500. The number of alkyl halides is 3. The van der Waals surface area contributed by atoms with Crippen LogP contribution in [0.4, 0.5) is 13.2 Å². The molecule has 0 aliphatic heterocycles. The summed E-state index contributed by atoms with van der Waals surface area (Å²) in [6.45, 7) is 3.95. The lowest BCUT2D eigenvalue weighted by Crippen LogP contribution is -2.25. The quantitative estimate of drug-likeness (QED) is 0.854. The molecule has 2 aromatic rings. The molecule has 0 bridgehead atoms. The first kappa shape index (κ1) is 17.0. The van der Waals surface area contributed by atoms with Crippen molar-refractivity contribution in [3.63, 3.8) is 0 Å². The lowest BCUT2D eigenvalue weighted by atomic mass is 10.2. The van der Waals surface area contributed by atoms with E-state index in [-0.39, 0.29) is 5.91 Å². The summed E-state index contributed by atoms with van der Waals surface area (Å²) in [6.07, 6.45) is -2.34. The van der Waals surface area contributed by atoms with Gasteiger partial charge in [-0.2, -0.15) is 23.4 Å². The Bertz CT molecular complexity index is 702. The van der Waals surface area contributed by atoms with E-state index in [0.717, 1.165) is 6.07 Å². The van der Waals surface area contributed by atoms with E-state index in [2.05, 4.69) is 15.5 Å². The molecular formula is C14H18F3N5O. The molecule has 2 heterocycles. The monoisotopic (exact) mass is 329 g/mol. The van der Waals surface area contributed by atoms with Crippen molar-refractivity contribution < 1.29 is 18.0 Å². The highest BCUT2D eigenvalue weighted by Gasteiger charge is 2.34. The van der Waals surface area contributed by atoms with Crippen LogP contribution in [0.1, 0.15) is 33.9 Å². The summed E-state index contributed by atoms with van der Waals surface area (Å²) in [5, 5.41) is 10.3. The number of carbonyl (C=O) groups is 1. The lowest BCUT2D eigenvalue weighted by Gasteiger charge is -2.06. The third kappa shape index (κ3) is 4.11. The first-order valence-electron chi connectivity index (χ1n) is 7.08. The Hall–Kier alpha value is -2.32. The van der Waals surface area contributed by atoms with Crippen LogP contribution < -0.4 is 5.32 Å². The fourth-order valence-corrected chi connectivity index (χ4v) is 2.22. The van der Waals surface area contributed by atoms with E-state index in [1.165, 1.54) is 4.68 Å². The molecule has 1 amide bonds. The second kappa shape index (κ2) is 6.43. The number of hydrogen-bond acceptors (Lipinski definition) is 3. The zero-order valence-corrected chi connectivity index (χ0v) is 13.1. The van der Waals surface area contributed by atoms with E-state index < -0.39 is 11.9 Å². The molecule has 0 aromatic carbocycles. The van der Waals surface area contributed by atoms with Gasteiger partial charge in [-0.05, 0) is 26.3 Å². The predicted molar refractivity (Wildman–Crippen MR) is 76.9 cm³/mol.